The summed E-state index contributed by atoms with van der Waals surface area (Å²) in [4.78, 5) is 55.1. The summed E-state index contributed by atoms with van der Waals surface area (Å²) in [6, 6.07) is 15.1. The van der Waals surface area contributed by atoms with Crippen molar-refractivity contribution in [3.63, 3.8) is 0 Å². The normalized spacial score (nSPS) is 14.5. The summed E-state index contributed by atoms with van der Waals surface area (Å²) in [6.07, 6.45) is 3.56. The van der Waals surface area contributed by atoms with Crippen molar-refractivity contribution in [2.24, 2.45) is 0 Å². The fraction of sp³-hybridized carbons (Fsp3) is 0.412. The fourth-order valence-electron chi connectivity index (χ4n) is 5.48. The Hall–Kier alpha value is -4.60. The Labute approximate surface area is 257 Å². The van der Waals surface area contributed by atoms with Crippen LogP contribution in [0.5, 0.6) is 0 Å². The zero-order chi connectivity index (χ0) is 31.8. The van der Waals surface area contributed by atoms with Crippen LogP contribution in [-0.2, 0) is 31.9 Å². The Morgan fingerprint density at radius 1 is 0.636 bits per heavy atom. The molecular weight excluding hydrogens is 560 g/mol. The average molecular weight is 601 g/mol. The maximum Gasteiger partial charge on any atom is 0.419 e. The van der Waals surface area contributed by atoms with Gasteiger partial charge in [0.25, 0.3) is 0 Å². The summed E-state index contributed by atoms with van der Waals surface area (Å²) in [5.41, 5.74) is 1.99. The van der Waals surface area contributed by atoms with E-state index < -0.39 is 35.2 Å². The minimum absolute atomic E-state index is 0.351. The molecule has 10 heteroatoms. The van der Waals surface area contributed by atoms with Crippen molar-refractivity contribution in [2.45, 2.75) is 65.6 Å². The average Bonchev–Trinajstić information content (AvgIpc) is 3.50. The molecule has 1 aliphatic rings. The van der Waals surface area contributed by atoms with E-state index in [4.69, 9.17) is 9.47 Å². The Bertz CT molecular complexity index is 1610. The number of hydrogen-bond acceptors (Lipinski definition) is 6. The van der Waals surface area contributed by atoms with E-state index in [0.29, 0.717) is 39.0 Å². The number of rotatable bonds is 6. The van der Waals surface area contributed by atoms with E-state index in [1.807, 2.05) is 90.1 Å². The molecule has 3 heterocycles. The monoisotopic (exact) mass is 600 g/mol. The third-order valence-electron chi connectivity index (χ3n) is 7.47. The van der Waals surface area contributed by atoms with Crippen molar-refractivity contribution in [2.75, 3.05) is 26.2 Å². The van der Waals surface area contributed by atoms with Gasteiger partial charge in [-0.25, -0.2) is 9.59 Å². The van der Waals surface area contributed by atoms with Gasteiger partial charge >= 0.3 is 24.0 Å². The van der Waals surface area contributed by atoms with Gasteiger partial charge in [-0.1, -0.05) is 36.4 Å². The summed E-state index contributed by atoms with van der Waals surface area (Å²) in [7, 11) is 0. The van der Waals surface area contributed by atoms with Crippen LogP contribution in [0.15, 0.2) is 60.9 Å². The van der Waals surface area contributed by atoms with Crippen LogP contribution in [0.1, 0.15) is 52.7 Å². The second kappa shape index (κ2) is 11.8. The van der Waals surface area contributed by atoms with E-state index in [-0.39, 0.29) is 0 Å². The lowest BCUT2D eigenvalue weighted by molar-refractivity contribution is -0.155. The van der Waals surface area contributed by atoms with Gasteiger partial charge in [-0.15, -0.1) is 0 Å². The third-order valence-corrected chi connectivity index (χ3v) is 7.47. The number of hydrogen-bond donors (Lipinski definition) is 0. The first-order valence-corrected chi connectivity index (χ1v) is 14.9. The topological polar surface area (TPSA) is 103 Å². The van der Waals surface area contributed by atoms with Crippen LogP contribution in [0.2, 0.25) is 0 Å². The van der Waals surface area contributed by atoms with Crippen molar-refractivity contribution < 1.29 is 28.7 Å². The molecule has 0 bridgehead atoms. The summed E-state index contributed by atoms with van der Waals surface area (Å²) in [5.74, 6) is -1.08. The van der Waals surface area contributed by atoms with Crippen molar-refractivity contribution >= 4 is 45.8 Å². The van der Waals surface area contributed by atoms with Crippen LogP contribution in [0, 0.1) is 0 Å². The molecule has 0 unspecified atom stereocenters. The first-order chi connectivity index (χ1) is 20.7. The zero-order valence-electron chi connectivity index (χ0n) is 26.3. The molecule has 5 rings (SSSR count). The predicted octanol–water partition coefficient (Wildman–Crippen LogP) is 5.62. The molecule has 0 atom stereocenters. The molecule has 44 heavy (non-hydrogen) atoms. The number of nitrogens with zero attached hydrogens (tertiary/aromatic N) is 4. The van der Waals surface area contributed by atoms with Gasteiger partial charge in [0.05, 0.1) is 11.0 Å². The van der Waals surface area contributed by atoms with Crippen molar-refractivity contribution in [3.8, 4) is 0 Å². The minimum Gasteiger partial charge on any atom is -0.443 e. The van der Waals surface area contributed by atoms with Crippen LogP contribution >= 0.6 is 0 Å². The van der Waals surface area contributed by atoms with Gasteiger partial charge in [0.15, 0.2) is 0 Å². The predicted molar refractivity (Wildman–Crippen MR) is 168 cm³/mol. The SMILES string of the molecule is CC(C)(C)OC(=O)n1cc(CCN2CCN(CCc3cn(C(=O)OC(C)(C)C)c4ccccc34)C(=O)C2=O)c2ccccc21. The number of carbonyl (C=O) groups excluding carboxylic acids is 4. The van der Waals surface area contributed by atoms with Crippen LogP contribution in [0.4, 0.5) is 9.59 Å². The number of amides is 2. The van der Waals surface area contributed by atoms with E-state index in [2.05, 4.69) is 0 Å². The molecule has 0 spiro atoms. The maximum atomic E-state index is 13.1. The molecule has 0 radical (unpaired) electrons. The largest absolute Gasteiger partial charge is 0.443 e. The van der Waals surface area contributed by atoms with E-state index in [9.17, 15) is 19.2 Å². The molecule has 2 aromatic heterocycles. The van der Waals surface area contributed by atoms with E-state index >= 15 is 0 Å². The van der Waals surface area contributed by atoms with Crippen LogP contribution < -0.4 is 0 Å². The number of ether oxygens (including phenoxy) is 2. The highest BCUT2D eigenvalue weighted by molar-refractivity contribution is 6.35. The number of aromatic nitrogens is 2. The highest BCUT2D eigenvalue weighted by Gasteiger charge is 2.32. The van der Waals surface area contributed by atoms with Crippen molar-refractivity contribution in [1.82, 2.24) is 18.9 Å². The Balaban J connectivity index is 1.24. The number of para-hydroxylation sites is 2. The van der Waals surface area contributed by atoms with Gasteiger partial charge in [0.1, 0.15) is 11.2 Å². The van der Waals surface area contributed by atoms with Crippen molar-refractivity contribution in [1.29, 1.82) is 0 Å². The van der Waals surface area contributed by atoms with Gasteiger partial charge in [0.2, 0.25) is 0 Å². The summed E-state index contributed by atoms with van der Waals surface area (Å²) >= 11 is 0. The maximum absolute atomic E-state index is 13.1. The molecule has 10 nitrogen and oxygen atoms in total. The summed E-state index contributed by atoms with van der Waals surface area (Å²) < 4.78 is 14.2. The molecular formula is C34H40N4O6. The van der Waals surface area contributed by atoms with Gasteiger partial charge in [-0.05, 0) is 77.6 Å². The lowest BCUT2D eigenvalue weighted by Gasteiger charge is -2.33. The molecule has 0 saturated carbocycles. The Kier molecular flexibility index (Phi) is 8.29. The molecule has 2 amide bonds. The second-order valence-corrected chi connectivity index (χ2v) is 13.1. The zero-order valence-corrected chi connectivity index (χ0v) is 26.3. The van der Waals surface area contributed by atoms with E-state index in [1.165, 1.54) is 9.13 Å². The Morgan fingerprint density at radius 2 is 1.00 bits per heavy atom. The standard InChI is InChI=1S/C34H40N4O6/c1-33(2,3)43-31(41)37-21-23(25-11-7-9-13-27(25)37)15-17-35-19-20-36(30(40)29(35)39)18-16-24-22-38(32(42)44-34(4,5)6)28-14-10-8-12-26(24)28/h7-14,21-22H,15-20H2,1-6H3. The van der Waals surface area contributed by atoms with Crippen molar-refractivity contribution in [3.05, 3.63) is 72.1 Å². The molecule has 0 aliphatic carbocycles. The van der Waals surface area contributed by atoms with Gasteiger partial charge in [0, 0.05) is 49.3 Å². The van der Waals surface area contributed by atoms with Crippen LogP contribution in [0.3, 0.4) is 0 Å². The quantitative estimate of drug-likeness (QED) is 0.266. The molecule has 232 valence electrons. The number of carbonyl (C=O) groups is 4. The molecule has 2 aromatic carbocycles. The minimum atomic E-state index is -0.635. The molecule has 0 N–H and O–H groups in total. The highest BCUT2D eigenvalue weighted by Crippen LogP contribution is 2.25. The molecule has 4 aromatic rings. The lowest BCUT2D eigenvalue weighted by Crippen LogP contribution is -2.55. The first kappa shape index (κ1) is 30.8. The molecule has 1 fully saturated rings. The second-order valence-electron chi connectivity index (χ2n) is 13.1. The third kappa shape index (κ3) is 6.64. The number of piperazine rings is 1. The first-order valence-electron chi connectivity index (χ1n) is 14.9. The summed E-state index contributed by atoms with van der Waals surface area (Å²) in [6.45, 7) is 12.5. The summed E-state index contributed by atoms with van der Waals surface area (Å²) in [5, 5.41) is 1.81. The Morgan fingerprint density at radius 3 is 1.36 bits per heavy atom. The number of benzene rings is 2. The lowest BCUT2D eigenvalue weighted by atomic mass is 10.1. The van der Waals surface area contributed by atoms with Gasteiger partial charge in [-0.2, -0.15) is 0 Å². The van der Waals surface area contributed by atoms with Gasteiger partial charge in [-0.3, -0.25) is 18.7 Å². The molecule has 1 aliphatic heterocycles. The van der Waals surface area contributed by atoms with Crippen LogP contribution in [-0.4, -0.2) is 80.3 Å². The van der Waals surface area contributed by atoms with E-state index in [0.717, 1.165) is 32.9 Å². The van der Waals surface area contributed by atoms with E-state index in [1.54, 1.807) is 22.2 Å². The van der Waals surface area contributed by atoms with Gasteiger partial charge < -0.3 is 19.3 Å². The number of fused-ring (bicyclic) bond motifs is 2. The highest BCUT2D eigenvalue weighted by atomic mass is 16.6. The molecule has 1 saturated heterocycles. The fourth-order valence-corrected chi connectivity index (χ4v) is 5.48. The van der Waals surface area contributed by atoms with Crippen LogP contribution in [0.25, 0.3) is 21.8 Å². The smallest absolute Gasteiger partial charge is 0.419 e.